The molecule has 2 N–H and O–H groups in total. The Bertz CT molecular complexity index is 990. The molecule has 2 aromatic rings. The lowest BCUT2D eigenvalue weighted by Crippen LogP contribution is -2.54. The normalized spacial score (nSPS) is 19.2. The first-order valence-electron chi connectivity index (χ1n) is 10.6. The molecule has 2 aliphatic heterocycles. The lowest BCUT2D eigenvalue weighted by atomic mass is 10.1. The lowest BCUT2D eigenvalue weighted by molar-refractivity contribution is 0.0628. The first-order chi connectivity index (χ1) is 14.6. The zero-order valence-electron chi connectivity index (χ0n) is 18.0. The molecule has 1 fully saturated rings. The van der Waals surface area contributed by atoms with Crippen molar-refractivity contribution >= 4 is 28.2 Å². The molecule has 30 heavy (non-hydrogen) atoms. The SMILES string of the molecule is COCCC1CN(C2=c3ncccc3=CNc3sc(C(C)C)nc32)CCN1CCO. The van der Waals surface area contributed by atoms with E-state index >= 15 is 0 Å². The fraction of sp³-hybridized carbons (Fsp3) is 0.545. The molecule has 0 saturated carbocycles. The Morgan fingerprint density at radius 3 is 3.00 bits per heavy atom. The van der Waals surface area contributed by atoms with Crippen LogP contribution in [0.15, 0.2) is 18.3 Å². The topological polar surface area (TPSA) is 73.8 Å². The average molecular weight is 430 g/mol. The summed E-state index contributed by atoms with van der Waals surface area (Å²) in [5, 5.41) is 17.3. The number of nitrogens with zero attached hydrogens (tertiary/aromatic N) is 4. The number of piperazine rings is 1. The monoisotopic (exact) mass is 429 g/mol. The van der Waals surface area contributed by atoms with E-state index in [0.29, 0.717) is 25.1 Å². The van der Waals surface area contributed by atoms with E-state index in [-0.39, 0.29) is 6.61 Å². The molecule has 162 valence electrons. The fourth-order valence-corrected chi connectivity index (χ4v) is 5.11. The molecule has 7 nitrogen and oxygen atoms in total. The summed E-state index contributed by atoms with van der Waals surface area (Å²) in [5.41, 5.74) is 2.11. The van der Waals surface area contributed by atoms with Crippen LogP contribution in [-0.2, 0) is 4.74 Å². The van der Waals surface area contributed by atoms with Crippen LogP contribution in [0.4, 0.5) is 5.00 Å². The van der Waals surface area contributed by atoms with Gasteiger partial charge in [-0.1, -0.05) is 13.8 Å². The van der Waals surface area contributed by atoms with Crippen molar-refractivity contribution in [2.24, 2.45) is 0 Å². The molecular formula is C22H31N5O2S. The first kappa shape index (κ1) is 21.2. The van der Waals surface area contributed by atoms with Crippen molar-refractivity contribution in [3.05, 3.63) is 39.6 Å². The van der Waals surface area contributed by atoms with Crippen molar-refractivity contribution in [3.63, 3.8) is 0 Å². The van der Waals surface area contributed by atoms with Crippen molar-refractivity contribution < 1.29 is 9.84 Å². The minimum atomic E-state index is 0.178. The number of rotatable bonds is 7. The third-order valence-corrected chi connectivity index (χ3v) is 7.03. The van der Waals surface area contributed by atoms with Gasteiger partial charge < -0.3 is 20.1 Å². The summed E-state index contributed by atoms with van der Waals surface area (Å²) in [4.78, 5) is 14.6. The van der Waals surface area contributed by atoms with Gasteiger partial charge in [0.2, 0.25) is 0 Å². The molecule has 2 aromatic heterocycles. The quantitative estimate of drug-likeness (QED) is 0.680. The van der Waals surface area contributed by atoms with Crippen LogP contribution in [0.25, 0.3) is 11.9 Å². The number of thiazole rings is 1. The first-order valence-corrected chi connectivity index (χ1v) is 11.5. The summed E-state index contributed by atoms with van der Waals surface area (Å²) in [6.07, 6.45) is 4.83. The zero-order valence-corrected chi connectivity index (χ0v) is 18.8. The highest BCUT2D eigenvalue weighted by Crippen LogP contribution is 2.35. The molecule has 1 unspecified atom stereocenters. The minimum absolute atomic E-state index is 0.178. The Balaban J connectivity index is 1.78. The Kier molecular flexibility index (Phi) is 6.67. The molecular weight excluding hydrogens is 398 g/mol. The van der Waals surface area contributed by atoms with Gasteiger partial charge in [-0.15, -0.1) is 11.3 Å². The van der Waals surface area contributed by atoms with E-state index in [0.717, 1.165) is 58.0 Å². The second kappa shape index (κ2) is 9.43. The van der Waals surface area contributed by atoms with Crippen molar-refractivity contribution in [2.45, 2.75) is 32.2 Å². The summed E-state index contributed by atoms with van der Waals surface area (Å²) in [6.45, 7) is 8.59. The Hall–Kier alpha value is -2.00. The standard InChI is InChI=1S/C22H31N5O2S/c1-15(2)21-25-19-20(18-16(5-4-7-23-18)13-24-22(19)30-21)27-9-8-26(10-11-28)17(14-27)6-12-29-3/h4-5,7,13,15,17,24,28H,6,8-12,14H2,1-3H3. The van der Waals surface area contributed by atoms with Crippen molar-refractivity contribution in [1.82, 2.24) is 19.8 Å². The average Bonchev–Trinajstić information content (AvgIpc) is 3.11. The van der Waals surface area contributed by atoms with E-state index in [1.807, 2.05) is 18.5 Å². The van der Waals surface area contributed by atoms with Crippen LogP contribution in [0.5, 0.6) is 0 Å². The third kappa shape index (κ3) is 4.23. The van der Waals surface area contributed by atoms with Gasteiger partial charge in [0.25, 0.3) is 0 Å². The van der Waals surface area contributed by atoms with Crippen LogP contribution < -0.4 is 15.9 Å². The van der Waals surface area contributed by atoms with Gasteiger partial charge in [-0.3, -0.25) is 9.88 Å². The predicted octanol–water partition coefficient (Wildman–Crippen LogP) is 0.997. The van der Waals surface area contributed by atoms with Gasteiger partial charge in [0.05, 0.1) is 22.7 Å². The number of hydrogen-bond acceptors (Lipinski definition) is 8. The van der Waals surface area contributed by atoms with Crippen LogP contribution in [0.3, 0.4) is 0 Å². The minimum Gasteiger partial charge on any atom is -0.395 e. The fourth-order valence-electron chi connectivity index (χ4n) is 4.18. The van der Waals surface area contributed by atoms with Gasteiger partial charge in [-0.05, 0) is 18.6 Å². The van der Waals surface area contributed by atoms with Crippen molar-refractivity contribution in [2.75, 3.05) is 51.8 Å². The number of aliphatic hydroxyl groups is 1. The van der Waals surface area contributed by atoms with Crippen LogP contribution >= 0.6 is 11.3 Å². The number of anilines is 1. The Morgan fingerprint density at radius 2 is 2.23 bits per heavy atom. The van der Waals surface area contributed by atoms with Gasteiger partial charge in [0.1, 0.15) is 10.7 Å². The van der Waals surface area contributed by atoms with E-state index in [2.05, 4.69) is 35.0 Å². The molecule has 4 heterocycles. The predicted molar refractivity (Wildman–Crippen MR) is 121 cm³/mol. The molecule has 0 aliphatic carbocycles. The van der Waals surface area contributed by atoms with Crippen LogP contribution in [0.1, 0.15) is 36.9 Å². The molecule has 0 radical (unpaired) electrons. The number of aliphatic hydroxyl groups excluding tert-OH is 1. The summed E-state index contributed by atoms with van der Waals surface area (Å²) >= 11 is 1.73. The van der Waals surface area contributed by atoms with Gasteiger partial charge >= 0.3 is 0 Å². The summed E-state index contributed by atoms with van der Waals surface area (Å²) in [5.74, 6) is 0.379. The van der Waals surface area contributed by atoms with E-state index in [1.54, 1.807) is 18.4 Å². The molecule has 1 atom stereocenters. The molecule has 0 amide bonds. The van der Waals surface area contributed by atoms with Crippen molar-refractivity contribution in [1.29, 1.82) is 0 Å². The maximum Gasteiger partial charge on any atom is 0.124 e. The number of hydrogen-bond donors (Lipinski definition) is 2. The van der Waals surface area contributed by atoms with Crippen LogP contribution in [0.2, 0.25) is 0 Å². The lowest BCUT2D eigenvalue weighted by Gasteiger charge is -2.42. The van der Waals surface area contributed by atoms with Gasteiger partial charge in [0.15, 0.2) is 0 Å². The molecule has 0 bridgehead atoms. The Labute approximate surface area is 181 Å². The second-order valence-electron chi connectivity index (χ2n) is 8.10. The number of pyridine rings is 1. The van der Waals surface area contributed by atoms with E-state index in [9.17, 15) is 5.11 Å². The number of methoxy groups -OCH3 is 1. The van der Waals surface area contributed by atoms with E-state index in [4.69, 9.17) is 14.7 Å². The number of β-amino-alcohol motifs (C(OH)–C–C–N with tert-alkyl or cyclic N) is 1. The van der Waals surface area contributed by atoms with Gasteiger partial charge in [-0.2, -0.15) is 0 Å². The molecule has 0 aromatic carbocycles. The number of fused-ring (bicyclic) bond motifs is 2. The maximum atomic E-state index is 9.51. The van der Waals surface area contributed by atoms with Crippen molar-refractivity contribution in [3.8, 4) is 0 Å². The molecule has 1 saturated heterocycles. The molecule has 8 heteroatoms. The molecule has 0 spiro atoms. The molecule has 4 rings (SSSR count). The van der Waals surface area contributed by atoms with Crippen LogP contribution in [-0.4, -0.2) is 77.4 Å². The second-order valence-corrected chi connectivity index (χ2v) is 9.13. The number of ether oxygens (including phenoxy) is 1. The van der Waals surface area contributed by atoms with Gasteiger partial charge in [-0.25, -0.2) is 4.98 Å². The number of nitrogens with one attached hydrogen (secondary N) is 1. The maximum absolute atomic E-state index is 9.51. The van der Waals surface area contributed by atoms with Crippen LogP contribution in [0, 0.1) is 0 Å². The Morgan fingerprint density at radius 1 is 1.37 bits per heavy atom. The number of aromatic nitrogens is 2. The molecule has 2 aliphatic rings. The zero-order chi connectivity index (χ0) is 21.1. The third-order valence-electron chi connectivity index (χ3n) is 5.75. The van der Waals surface area contributed by atoms with E-state index < -0.39 is 0 Å². The summed E-state index contributed by atoms with van der Waals surface area (Å²) in [6, 6.07) is 4.39. The van der Waals surface area contributed by atoms with Gasteiger partial charge in [0, 0.05) is 69.5 Å². The van der Waals surface area contributed by atoms with E-state index in [1.165, 1.54) is 0 Å². The smallest absolute Gasteiger partial charge is 0.124 e. The summed E-state index contributed by atoms with van der Waals surface area (Å²) in [7, 11) is 1.74. The highest BCUT2D eigenvalue weighted by Gasteiger charge is 2.31. The highest BCUT2D eigenvalue weighted by atomic mass is 32.1. The highest BCUT2D eigenvalue weighted by molar-refractivity contribution is 7.16. The summed E-state index contributed by atoms with van der Waals surface area (Å²) < 4.78 is 5.36. The largest absolute Gasteiger partial charge is 0.395 e.